The number of hydrogen-bond donors (Lipinski definition) is 2. The molecule has 9 nitrogen and oxygen atoms in total. The molecule has 0 aromatic heterocycles. The van der Waals surface area contributed by atoms with E-state index < -0.39 is 17.9 Å². The average molecular weight is 391 g/mol. The van der Waals surface area contributed by atoms with Gasteiger partial charge < -0.3 is 10.4 Å². The van der Waals surface area contributed by atoms with Crippen LogP contribution in [0.15, 0.2) is 76.5 Å². The van der Waals surface area contributed by atoms with Crippen LogP contribution in [0.5, 0.6) is 0 Å². The van der Waals surface area contributed by atoms with Crippen molar-refractivity contribution in [2.45, 2.75) is 13.0 Å². The highest BCUT2D eigenvalue weighted by molar-refractivity contribution is 6.18. The molecular weight excluding hydrogens is 374 g/mol. The van der Waals surface area contributed by atoms with Gasteiger partial charge in [0, 0.05) is 5.69 Å². The molecule has 3 rings (SSSR count). The number of anilines is 2. The van der Waals surface area contributed by atoms with E-state index in [1.807, 2.05) is 0 Å². The Balaban J connectivity index is 1.78. The molecule has 1 unspecified atom stereocenters. The van der Waals surface area contributed by atoms with E-state index in [1.54, 1.807) is 43.3 Å². The summed E-state index contributed by atoms with van der Waals surface area (Å²) in [7, 11) is 0. The van der Waals surface area contributed by atoms with E-state index in [2.05, 4.69) is 27.2 Å². The molecule has 0 radical (unpaired) electrons. The van der Waals surface area contributed by atoms with Crippen molar-refractivity contribution in [3.05, 3.63) is 66.7 Å². The summed E-state index contributed by atoms with van der Waals surface area (Å²) in [6.45, 7) is 5.03. The average Bonchev–Trinajstić information content (AvgIpc) is 3.00. The van der Waals surface area contributed by atoms with Crippen LogP contribution in [0.3, 0.4) is 0 Å². The third-order valence-electron chi connectivity index (χ3n) is 4.08. The fraction of sp³-hybridized carbons (Fsp3) is 0.100. The lowest BCUT2D eigenvalue weighted by Gasteiger charge is -2.13. The Labute approximate surface area is 166 Å². The first-order chi connectivity index (χ1) is 13.9. The zero-order valence-corrected chi connectivity index (χ0v) is 15.4. The van der Waals surface area contributed by atoms with Crippen LogP contribution in [0.2, 0.25) is 0 Å². The molecule has 2 amide bonds. The van der Waals surface area contributed by atoms with Crippen LogP contribution in [0.25, 0.3) is 0 Å². The van der Waals surface area contributed by atoms with Gasteiger partial charge in [-0.25, -0.2) is 4.79 Å². The Morgan fingerprint density at radius 2 is 1.90 bits per heavy atom. The SMILES string of the molecule is C=CC(=O)Nc1ccc(N2N=C(C)C(N=Nc3ccccc3C(=O)O)C2=O)cc1. The van der Waals surface area contributed by atoms with Gasteiger partial charge in [0.2, 0.25) is 5.91 Å². The molecule has 0 spiro atoms. The number of carbonyl (C=O) groups is 3. The summed E-state index contributed by atoms with van der Waals surface area (Å²) in [5.74, 6) is -1.89. The second-order valence-electron chi connectivity index (χ2n) is 6.07. The number of rotatable bonds is 6. The van der Waals surface area contributed by atoms with Crippen LogP contribution in [0.4, 0.5) is 17.1 Å². The number of aromatic carboxylic acids is 1. The number of carbonyl (C=O) groups excluding carboxylic acids is 2. The molecule has 1 aliphatic heterocycles. The van der Waals surface area contributed by atoms with Gasteiger partial charge in [0.15, 0.2) is 6.04 Å². The largest absolute Gasteiger partial charge is 0.478 e. The summed E-state index contributed by atoms with van der Waals surface area (Å²) in [6, 6.07) is 11.7. The lowest BCUT2D eigenvalue weighted by Crippen LogP contribution is -2.29. The van der Waals surface area contributed by atoms with Gasteiger partial charge in [0.1, 0.15) is 0 Å². The third-order valence-corrected chi connectivity index (χ3v) is 4.08. The van der Waals surface area contributed by atoms with E-state index in [-0.39, 0.29) is 17.2 Å². The molecule has 1 aliphatic rings. The third kappa shape index (κ3) is 4.24. The minimum absolute atomic E-state index is 0.00898. The molecule has 1 heterocycles. The van der Waals surface area contributed by atoms with Gasteiger partial charge in [-0.1, -0.05) is 18.7 Å². The normalized spacial score (nSPS) is 16.0. The van der Waals surface area contributed by atoms with Gasteiger partial charge in [-0.05, 0) is 49.4 Å². The van der Waals surface area contributed by atoms with Crippen molar-refractivity contribution in [1.82, 2.24) is 0 Å². The fourth-order valence-electron chi connectivity index (χ4n) is 2.62. The molecule has 0 aliphatic carbocycles. The van der Waals surface area contributed by atoms with E-state index in [4.69, 9.17) is 0 Å². The summed E-state index contributed by atoms with van der Waals surface area (Å²) in [4.78, 5) is 35.3. The van der Waals surface area contributed by atoms with Gasteiger partial charge >= 0.3 is 5.97 Å². The molecule has 1 atom stereocenters. The van der Waals surface area contributed by atoms with E-state index in [9.17, 15) is 19.5 Å². The zero-order valence-electron chi connectivity index (χ0n) is 15.4. The standard InChI is InChI=1S/C20H17N5O4/c1-3-17(26)21-13-8-10-14(11-9-13)25-19(27)18(12(2)24-25)23-22-16-7-5-4-6-15(16)20(28)29/h3-11,18H,1H2,2H3,(H,21,26)(H,28,29). The highest BCUT2D eigenvalue weighted by Gasteiger charge is 2.34. The van der Waals surface area contributed by atoms with Crippen LogP contribution in [0.1, 0.15) is 17.3 Å². The molecule has 0 fully saturated rings. The number of carboxylic acid groups (broad SMARTS) is 1. The maximum atomic E-state index is 12.7. The summed E-state index contributed by atoms with van der Waals surface area (Å²) in [5, 5.41) is 25.2. The van der Waals surface area contributed by atoms with Gasteiger partial charge in [0.05, 0.1) is 22.6 Å². The molecule has 2 aromatic rings. The Morgan fingerprint density at radius 1 is 1.21 bits per heavy atom. The Bertz CT molecular complexity index is 1040. The van der Waals surface area contributed by atoms with E-state index >= 15 is 0 Å². The molecule has 2 aromatic carbocycles. The number of azo groups is 1. The van der Waals surface area contributed by atoms with Gasteiger partial charge in [0.25, 0.3) is 5.91 Å². The van der Waals surface area contributed by atoms with Gasteiger partial charge in [-0.2, -0.15) is 20.3 Å². The van der Waals surface area contributed by atoms with Crippen molar-refractivity contribution >= 4 is 40.6 Å². The predicted octanol–water partition coefficient (Wildman–Crippen LogP) is 3.38. The topological polar surface area (TPSA) is 124 Å². The minimum atomic E-state index is -1.13. The number of amides is 2. The van der Waals surface area contributed by atoms with Crippen molar-refractivity contribution in [2.75, 3.05) is 10.3 Å². The molecule has 2 N–H and O–H groups in total. The fourth-order valence-corrected chi connectivity index (χ4v) is 2.62. The second-order valence-corrected chi connectivity index (χ2v) is 6.07. The molecule has 0 bridgehead atoms. The molecule has 0 saturated carbocycles. The summed E-state index contributed by atoms with van der Waals surface area (Å²) in [5.41, 5.74) is 1.62. The van der Waals surface area contributed by atoms with Crippen LogP contribution >= 0.6 is 0 Å². The monoisotopic (exact) mass is 391 g/mol. The van der Waals surface area contributed by atoms with Crippen molar-refractivity contribution < 1.29 is 19.5 Å². The first-order valence-corrected chi connectivity index (χ1v) is 8.56. The number of nitrogens with one attached hydrogen (secondary N) is 1. The quantitative estimate of drug-likeness (QED) is 0.578. The number of hydrazone groups is 1. The van der Waals surface area contributed by atoms with Crippen molar-refractivity contribution in [2.24, 2.45) is 15.3 Å². The first-order valence-electron chi connectivity index (χ1n) is 8.56. The maximum absolute atomic E-state index is 12.7. The highest BCUT2D eigenvalue weighted by atomic mass is 16.4. The van der Waals surface area contributed by atoms with Crippen molar-refractivity contribution in [1.29, 1.82) is 0 Å². The lowest BCUT2D eigenvalue weighted by molar-refractivity contribution is -0.118. The molecule has 29 heavy (non-hydrogen) atoms. The molecule has 9 heteroatoms. The van der Waals surface area contributed by atoms with Crippen molar-refractivity contribution in [3.8, 4) is 0 Å². The Hall–Kier alpha value is -4.14. The Morgan fingerprint density at radius 3 is 2.55 bits per heavy atom. The van der Waals surface area contributed by atoms with Gasteiger partial charge in [-0.15, -0.1) is 0 Å². The second kappa shape index (κ2) is 8.26. The van der Waals surface area contributed by atoms with Crippen LogP contribution in [-0.4, -0.2) is 34.6 Å². The van der Waals surface area contributed by atoms with Crippen LogP contribution in [0, 0.1) is 0 Å². The van der Waals surface area contributed by atoms with Crippen LogP contribution < -0.4 is 10.3 Å². The predicted molar refractivity (Wildman–Crippen MR) is 108 cm³/mol. The summed E-state index contributed by atoms with van der Waals surface area (Å²) >= 11 is 0. The Kier molecular flexibility index (Phi) is 5.59. The minimum Gasteiger partial charge on any atom is -0.478 e. The molecule has 146 valence electrons. The van der Waals surface area contributed by atoms with Crippen molar-refractivity contribution in [3.63, 3.8) is 0 Å². The number of benzene rings is 2. The van der Waals surface area contributed by atoms with E-state index in [1.165, 1.54) is 17.1 Å². The maximum Gasteiger partial charge on any atom is 0.337 e. The molecule has 0 saturated heterocycles. The summed E-state index contributed by atoms with van der Waals surface area (Å²) < 4.78 is 0. The smallest absolute Gasteiger partial charge is 0.337 e. The van der Waals surface area contributed by atoms with Gasteiger partial charge in [-0.3, -0.25) is 9.59 Å². The summed E-state index contributed by atoms with van der Waals surface area (Å²) in [6.07, 6.45) is 1.16. The first kappa shape index (κ1) is 19.6. The molecular formula is C20H17N5O4. The number of hydrogen-bond acceptors (Lipinski definition) is 6. The highest BCUT2D eigenvalue weighted by Crippen LogP contribution is 2.26. The van der Waals surface area contributed by atoms with E-state index in [0.717, 1.165) is 6.08 Å². The zero-order chi connectivity index (χ0) is 21.0. The van der Waals surface area contributed by atoms with Crippen LogP contribution in [-0.2, 0) is 9.59 Å². The number of nitrogens with zero attached hydrogens (tertiary/aromatic N) is 4. The van der Waals surface area contributed by atoms with E-state index in [0.29, 0.717) is 17.1 Å². The lowest BCUT2D eigenvalue weighted by atomic mass is 10.2. The number of carboxylic acids is 1.